The molecule has 7 nitrogen and oxygen atoms in total. The van der Waals surface area contributed by atoms with Crippen molar-refractivity contribution >= 4 is 38.4 Å². The largest absolute Gasteiger partial charge is 0.340 e. The zero-order chi connectivity index (χ0) is 17.8. The molecule has 1 unspecified atom stereocenters. The molecule has 3 aromatic rings. The van der Waals surface area contributed by atoms with E-state index < -0.39 is 0 Å². The van der Waals surface area contributed by atoms with E-state index in [0.29, 0.717) is 16.8 Å². The molecule has 0 fully saturated rings. The highest BCUT2D eigenvalue weighted by Crippen LogP contribution is 2.22. The molecular weight excluding hydrogens is 406 g/mol. The van der Waals surface area contributed by atoms with Crippen LogP contribution in [0.1, 0.15) is 35.1 Å². The van der Waals surface area contributed by atoms with Crippen LogP contribution < -0.4 is 10.6 Å². The lowest BCUT2D eigenvalue weighted by Crippen LogP contribution is -2.31. The van der Waals surface area contributed by atoms with Gasteiger partial charge in [-0.3, -0.25) is 5.32 Å². The third-order valence-electron chi connectivity index (χ3n) is 3.34. The number of hydrogen-bond acceptors (Lipinski definition) is 6. The Labute approximate surface area is 157 Å². The standard InChI is InChI=1S/C16H16BrN5O2S/c1-9(14-20-10(2)24-22-14)19-15(23)21-16-18-8-13(25-16)7-11-3-5-12(17)6-4-11/h3-6,8-9H,7H2,1-2H3,(H2,18,19,21,23). The van der Waals surface area contributed by atoms with Crippen LogP contribution in [0.3, 0.4) is 0 Å². The summed E-state index contributed by atoms with van der Waals surface area (Å²) in [5, 5.41) is 9.81. The first-order valence-electron chi connectivity index (χ1n) is 7.56. The van der Waals surface area contributed by atoms with Crippen LogP contribution in [0.4, 0.5) is 9.93 Å². The van der Waals surface area contributed by atoms with Crippen molar-refractivity contribution in [2.45, 2.75) is 26.3 Å². The molecule has 2 aromatic heterocycles. The lowest BCUT2D eigenvalue weighted by Gasteiger charge is -2.09. The fourth-order valence-electron chi connectivity index (χ4n) is 2.14. The number of nitrogens with zero attached hydrogens (tertiary/aromatic N) is 3. The van der Waals surface area contributed by atoms with Crippen molar-refractivity contribution in [3.05, 3.63) is 57.1 Å². The summed E-state index contributed by atoms with van der Waals surface area (Å²) >= 11 is 4.86. The molecule has 2 heterocycles. The maximum Gasteiger partial charge on any atom is 0.321 e. The number of hydrogen-bond donors (Lipinski definition) is 2. The van der Waals surface area contributed by atoms with Crippen molar-refractivity contribution in [3.8, 4) is 0 Å². The Hall–Kier alpha value is -2.26. The van der Waals surface area contributed by atoms with E-state index in [2.05, 4.69) is 53.8 Å². The van der Waals surface area contributed by atoms with Gasteiger partial charge in [-0.05, 0) is 24.6 Å². The summed E-state index contributed by atoms with van der Waals surface area (Å²) in [6.45, 7) is 3.48. The third-order valence-corrected chi connectivity index (χ3v) is 4.79. The van der Waals surface area contributed by atoms with Crippen LogP contribution in [0.15, 0.2) is 39.5 Å². The summed E-state index contributed by atoms with van der Waals surface area (Å²) in [5.41, 5.74) is 1.18. The molecule has 0 aliphatic heterocycles. The number of rotatable bonds is 5. The highest BCUT2D eigenvalue weighted by Gasteiger charge is 2.15. The van der Waals surface area contributed by atoms with E-state index in [9.17, 15) is 4.79 Å². The Morgan fingerprint density at radius 3 is 2.80 bits per heavy atom. The smallest absolute Gasteiger partial charge is 0.321 e. The number of carbonyl (C=O) groups is 1. The molecular formula is C16H16BrN5O2S. The zero-order valence-corrected chi connectivity index (χ0v) is 16.0. The van der Waals surface area contributed by atoms with Gasteiger partial charge in [0.25, 0.3) is 0 Å². The van der Waals surface area contributed by atoms with E-state index in [1.54, 1.807) is 20.0 Å². The number of aromatic nitrogens is 3. The van der Waals surface area contributed by atoms with Crippen molar-refractivity contribution in [2.24, 2.45) is 0 Å². The van der Waals surface area contributed by atoms with Gasteiger partial charge < -0.3 is 9.84 Å². The van der Waals surface area contributed by atoms with Crippen LogP contribution in [0.5, 0.6) is 0 Å². The normalized spacial score (nSPS) is 12.0. The first-order valence-corrected chi connectivity index (χ1v) is 9.17. The van der Waals surface area contributed by atoms with Crippen LogP contribution in [-0.4, -0.2) is 21.2 Å². The monoisotopic (exact) mass is 421 g/mol. The van der Waals surface area contributed by atoms with Gasteiger partial charge in [0.15, 0.2) is 11.0 Å². The minimum Gasteiger partial charge on any atom is -0.340 e. The number of urea groups is 1. The molecule has 0 aliphatic carbocycles. The SMILES string of the molecule is Cc1nc(C(C)NC(=O)Nc2ncc(Cc3ccc(Br)cc3)s2)no1. The molecule has 0 radical (unpaired) electrons. The number of anilines is 1. The number of halogens is 1. The average molecular weight is 422 g/mol. The van der Waals surface area contributed by atoms with Gasteiger partial charge in [-0.1, -0.05) is 33.2 Å². The van der Waals surface area contributed by atoms with Gasteiger partial charge in [-0.15, -0.1) is 11.3 Å². The molecule has 0 saturated carbocycles. The topological polar surface area (TPSA) is 92.9 Å². The Balaban J connectivity index is 1.55. The molecule has 9 heteroatoms. The summed E-state index contributed by atoms with van der Waals surface area (Å²) in [7, 11) is 0. The fraction of sp³-hybridized carbons (Fsp3) is 0.250. The Morgan fingerprint density at radius 2 is 2.12 bits per heavy atom. The lowest BCUT2D eigenvalue weighted by atomic mass is 10.1. The van der Waals surface area contributed by atoms with Crippen LogP contribution in [-0.2, 0) is 6.42 Å². The lowest BCUT2D eigenvalue weighted by molar-refractivity contribution is 0.248. The van der Waals surface area contributed by atoms with Gasteiger partial charge in [-0.25, -0.2) is 9.78 Å². The number of nitrogens with one attached hydrogen (secondary N) is 2. The van der Waals surface area contributed by atoms with E-state index in [4.69, 9.17) is 4.52 Å². The molecule has 3 rings (SSSR count). The molecule has 130 valence electrons. The van der Waals surface area contributed by atoms with E-state index in [-0.39, 0.29) is 12.1 Å². The second kappa shape index (κ2) is 7.75. The number of amides is 2. The molecule has 1 aromatic carbocycles. The van der Waals surface area contributed by atoms with Gasteiger partial charge in [0.1, 0.15) is 0 Å². The summed E-state index contributed by atoms with van der Waals surface area (Å²) in [4.78, 5) is 21.5. The Kier molecular flexibility index (Phi) is 5.44. The van der Waals surface area contributed by atoms with E-state index in [1.165, 1.54) is 16.9 Å². The van der Waals surface area contributed by atoms with Crippen molar-refractivity contribution in [2.75, 3.05) is 5.32 Å². The summed E-state index contributed by atoms with van der Waals surface area (Å²) < 4.78 is 5.95. The highest BCUT2D eigenvalue weighted by atomic mass is 79.9. The number of aryl methyl sites for hydroxylation is 1. The maximum atomic E-state index is 12.1. The van der Waals surface area contributed by atoms with Crippen LogP contribution in [0.25, 0.3) is 0 Å². The fourth-order valence-corrected chi connectivity index (χ4v) is 3.24. The van der Waals surface area contributed by atoms with Gasteiger partial charge in [0, 0.05) is 28.9 Å². The summed E-state index contributed by atoms with van der Waals surface area (Å²) in [6, 6.07) is 7.39. The molecule has 2 amide bonds. The van der Waals surface area contributed by atoms with Crippen LogP contribution in [0, 0.1) is 6.92 Å². The Morgan fingerprint density at radius 1 is 1.36 bits per heavy atom. The summed E-state index contributed by atoms with van der Waals surface area (Å²) in [6.07, 6.45) is 2.54. The van der Waals surface area contributed by atoms with Crippen molar-refractivity contribution in [1.29, 1.82) is 0 Å². The molecule has 0 bridgehead atoms. The zero-order valence-electron chi connectivity index (χ0n) is 13.6. The quantitative estimate of drug-likeness (QED) is 0.647. The maximum absolute atomic E-state index is 12.1. The number of carbonyl (C=O) groups excluding carboxylic acids is 1. The Bertz CT molecular complexity index is 862. The molecule has 2 N–H and O–H groups in total. The van der Waals surface area contributed by atoms with E-state index >= 15 is 0 Å². The average Bonchev–Trinajstić information content (AvgIpc) is 3.18. The predicted octanol–water partition coefficient (Wildman–Crippen LogP) is 4.07. The van der Waals surface area contributed by atoms with Gasteiger partial charge in [0.05, 0.1) is 6.04 Å². The first-order chi connectivity index (χ1) is 12.0. The first kappa shape index (κ1) is 17.6. The summed E-state index contributed by atoms with van der Waals surface area (Å²) in [5.74, 6) is 0.893. The van der Waals surface area contributed by atoms with Crippen molar-refractivity contribution in [3.63, 3.8) is 0 Å². The molecule has 25 heavy (non-hydrogen) atoms. The minimum atomic E-state index is -0.362. The number of benzene rings is 1. The molecule has 1 atom stereocenters. The number of thiazole rings is 1. The van der Waals surface area contributed by atoms with Gasteiger partial charge in [-0.2, -0.15) is 4.98 Å². The third kappa shape index (κ3) is 4.86. The second-order valence-electron chi connectivity index (χ2n) is 5.43. The van der Waals surface area contributed by atoms with Gasteiger partial charge in [0.2, 0.25) is 5.89 Å². The highest BCUT2D eigenvalue weighted by molar-refractivity contribution is 9.10. The van der Waals surface area contributed by atoms with E-state index in [0.717, 1.165) is 15.8 Å². The van der Waals surface area contributed by atoms with Crippen LogP contribution in [0.2, 0.25) is 0 Å². The predicted molar refractivity (Wildman–Crippen MR) is 98.7 cm³/mol. The molecule has 0 aliphatic rings. The minimum absolute atomic E-state index is 0.361. The van der Waals surface area contributed by atoms with Crippen molar-refractivity contribution in [1.82, 2.24) is 20.4 Å². The second-order valence-corrected chi connectivity index (χ2v) is 7.46. The molecule has 0 saturated heterocycles. The molecule has 0 spiro atoms. The van der Waals surface area contributed by atoms with Gasteiger partial charge >= 0.3 is 6.03 Å². The van der Waals surface area contributed by atoms with Crippen molar-refractivity contribution < 1.29 is 9.32 Å². The van der Waals surface area contributed by atoms with E-state index in [1.807, 2.05) is 12.1 Å². The van der Waals surface area contributed by atoms with Crippen LogP contribution >= 0.6 is 27.3 Å².